The molecule has 1 saturated heterocycles. The van der Waals surface area contributed by atoms with E-state index in [1.165, 1.54) is 16.7 Å². The molecule has 0 bridgehead atoms. The lowest BCUT2D eigenvalue weighted by Gasteiger charge is -2.08. The number of carboxylic acids is 1. The van der Waals surface area contributed by atoms with E-state index in [0.717, 1.165) is 0 Å². The first-order valence-corrected chi connectivity index (χ1v) is 6.96. The van der Waals surface area contributed by atoms with Crippen molar-refractivity contribution in [1.29, 1.82) is 0 Å². The van der Waals surface area contributed by atoms with Crippen LogP contribution in [0.25, 0.3) is 11.8 Å². The third kappa shape index (κ3) is 2.76. The van der Waals surface area contributed by atoms with Gasteiger partial charge < -0.3 is 15.0 Å². The first kappa shape index (κ1) is 15.5. The summed E-state index contributed by atoms with van der Waals surface area (Å²) in [7, 11) is 0. The summed E-state index contributed by atoms with van der Waals surface area (Å²) in [5.74, 6) is -2.49. The van der Waals surface area contributed by atoms with Crippen LogP contribution in [-0.2, 0) is 9.59 Å². The minimum Gasteiger partial charge on any atom is -0.480 e. The highest BCUT2D eigenvalue weighted by atomic mass is 19.1. The minimum atomic E-state index is -1.30. The fraction of sp³-hybridized carbons (Fsp3) is 0.0625. The van der Waals surface area contributed by atoms with Crippen LogP contribution in [0, 0.1) is 5.82 Å². The van der Waals surface area contributed by atoms with Crippen LogP contribution in [0.2, 0.25) is 0 Å². The van der Waals surface area contributed by atoms with Crippen LogP contribution in [-0.4, -0.2) is 39.0 Å². The molecule has 0 radical (unpaired) electrons. The minimum absolute atomic E-state index is 0.0717. The molecular weight excluding hydrogens is 317 g/mol. The number of amides is 3. The molecule has 2 N–H and O–H groups in total. The third-order valence-corrected chi connectivity index (χ3v) is 3.44. The lowest BCUT2D eigenvalue weighted by atomic mass is 10.2. The van der Waals surface area contributed by atoms with Crippen LogP contribution in [0.4, 0.5) is 9.18 Å². The zero-order valence-corrected chi connectivity index (χ0v) is 12.3. The number of hydrogen-bond donors (Lipinski definition) is 2. The van der Waals surface area contributed by atoms with Gasteiger partial charge in [-0.15, -0.1) is 0 Å². The number of aromatic nitrogens is 1. The van der Waals surface area contributed by atoms with Crippen LogP contribution in [0.1, 0.15) is 5.69 Å². The summed E-state index contributed by atoms with van der Waals surface area (Å²) in [5.41, 5.74) is 0.673. The van der Waals surface area contributed by atoms with Crippen molar-refractivity contribution in [3.8, 4) is 5.69 Å². The number of halogens is 1. The fourth-order valence-corrected chi connectivity index (χ4v) is 2.38. The highest BCUT2D eigenvalue weighted by Crippen LogP contribution is 2.20. The van der Waals surface area contributed by atoms with E-state index in [9.17, 15) is 18.8 Å². The maximum atomic E-state index is 13.9. The number of urea groups is 1. The summed E-state index contributed by atoms with van der Waals surface area (Å²) >= 11 is 0. The molecule has 1 aliphatic rings. The van der Waals surface area contributed by atoms with Crippen molar-refractivity contribution in [2.45, 2.75) is 0 Å². The molecule has 0 aliphatic carbocycles. The second-order valence-electron chi connectivity index (χ2n) is 5.03. The highest BCUT2D eigenvalue weighted by molar-refractivity contribution is 6.15. The second kappa shape index (κ2) is 5.99. The third-order valence-electron chi connectivity index (χ3n) is 3.44. The first-order valence-electron chi connectivity index (χ1n) is 6.96. The SMILES string of the molecule is O=C(O)CN1C(=O)N/C(=C/c2cccn2-c2ccccc2F)C1=O. The Morgan fingerprint density at radius 1 is 1.21 bits per heavy atom. The number of carbonyl (C=O) groups excluding carboxylic acids is 2. The zero-order valence-electron chi connectivity index (χ0n) is 12.3. The second-order valence-corrected chi connectivity index (χ2v) is 5.03. The Morgan fingerprint density at radius 2 is 1.96 bits per heavy atom. The summed E-state index contributed by atoms with van der Waals surface area (Å²) in [6.07, 6.45) is 2.98. The van der Waals surface area contributed by atoms with Crippen molar-refractivity contribution in [1.82, 2.24) is 14.8 Å². The number of nitrogens with one attached hydrogen (secondary N) is 1. The maximum Gasteiger partial charge on any atom is 0.329 e. The van der Waals surface area contributed by atoms with Crippen LogP contribution >= 0.6 is 0 Å². The number of nitrogens with zero attached hydrogens (tertiary/aromatic N) is 2. The van der Waals surface area contributed by atoms with Gasteiger partial charge in [0, 0.05) is 11.9 Å². The standard InChI is InChI=1S/C16H12FN3O4/c17-11-5-1-2-6-13(11)19-7-3-4-10(19)8-12-15(23)20(9-14(21)22)16(24)18-12/h1-8H,9H2,(H,18,24)(H,21,22)/b12-8+. The highest BCUT2D eigenvalue weighted by Gasteiger charge is 2.35. The van der Waals surface area contributed by atoms with E-state index in [1.807, 2.05) is 0 Å². The van der Waals surface area contributed by atoms with E-state index in [0.29, 0.717) is 10.6 Å². The van der Waals surface area contributed by atoms with Gasteiger partial charge in [0.05, 0.1) is 5.69 Å². The quantitative estimate of drug-likeness (QED) is 0.658. The maximum absolute atomic E-state index is 13.9. The van der Waals surface area contributed by atoms with Crippen molar-refractivity contribution >= 4 is 24.0 Å². The molecule has 1 aromatic heterocycles. The summed E-state index contributed by atoms with van der Waals surface area (Å²) < 4.78 is 15.5. The van der Waals surface area contributed by atoms with Gasteiger partial charge in [-0.05, 0) is 30.3 Å². The Balaban J connectivity index is 1.95. The molecule has 3 amide bonds. The van der Waals surface area contributed by atoms with Crippen LogP contribution < -0.4 is 5.32 Å². The van der Waals surface area contributed by atoms with Crippen molar-refractivity contribution < 1.29 is 23.9 Å². The lowest BCUT2D eigenvalue weighted by Crippen LogP contribution is -2.35. The van der Waals surface area contributed by atoms with E-state index in [2.05, 4.69) is 5.32 Å². The Morgan fingerprint density at radius 3 is 2.67 bits per heavy atom. The summed E-state index contributed by atoms with van der Waals surface area (Å²) in [6.45, 7) is -0.726. The Bertz CT molecular complexity index is 872. The van der Waals surface area contributed by atoms with E-state index in [-0.39, 0.29) is 11.4 Å². The summed E-state index contributed by atoms with van der Waals surface area (Å²) in [5, 5.41) is 11.1. The van der Waals surface area contributed by atoms with Gasteiger partial charge in [0.25, 0.3) is 5.91 Å². The molecule has 24 heavy (non-hydrogen) atoms. The van der Waals surface area contributed by atoms with Crippen LogP contribution in [0.15, 0.2) is 48.3 Å². The molecule has 1 aromatic carbocycles. The number of carbonyl (C=O) groups is 3. The topological polar surface area (TPSA) is 91.6 Å². The molecule has 0 atom stereocenters. The Labute approximate surface area is 135 Å². The average molecular weight is 329 g/mol. The zero-order chi connectivity index (χ0) is 17.3. The molecule has 7 nitrogen and oxygen atoms in total. The average Bonchev–Trinajstić information content (AvgIpc) is 3.08. The molecule has 0 unspecified atom stereocenters. The lowest BCUT2D eigenvalue weighted by molar-refractivity contribution is -0.140. The summed E-state index contributed by atoms with van der Waals surface area (Å²) in [6, 6.07) is 8.61. The molecular formula is C16H12FN3O4. The number of imide groups is 1. The molecule has 1 aliphatic heterocycles. The van der Waals surface area contributed by atoms with Crippen LogP contribution in [0.3, 0.4) is 0 Å². The van der Waals surface area contributed by atoms with Gasteiger partial charge in [-0.25, -0.2) is 14.1 Å². The van der Waals surface area contributed by atoms with Gasteiger partial charge in [-0.3, -0.25) is 9.59 Å². The fourth-order valence-electron chi connectivity index (χ4n) is 2.38. The smallest absolute Gasteiger partial charge is 0.329 e. The predicted octanol–water partition coefficient (Wildman–Crippen LogP) is 1.59. The van der Waals surface area contributed by atoms with E-state index < -0.39 is 30.3 Å². The van der Waals surface area contributed by atoms with Crippen molar-refractivity contribution in [3.05, 3.63) is 59.8 Å². The number of rotatable bonds is 4. The largest absolute Gasteiger partial charge is 0.480 e. The van der Waals surface area contributed by atoms with Gasteiger partial charge in [-0.2, -0.15) is 0 Å². The molecule has 0 spiro atoms. The van der Waals surface area contributed by atoms with Crippen LogP contribution in [0.5, 0.6) is 0 Å². The summed E-state index contributed by atoms with van der Waals surface area (Å²) in [4.78, 5) is 35.1. The monoisotopic (exact) mass is 329 g/mol. The number of carboxylic acid groups (broad SMARTS) is 1. The molecule has 3 rings (SSSR count). The molecule has 2 aromatic rings. The Hall–Kier alpha value is -3.42. The van der Waals surface area contributed by atoms with Gasteiger partial charge in [0.15, 0.2) is 0 Å². The molecule has 2 heterocycles. The van der Waals surface area contributed by atoms with Gasteiger partial charge >= 0.3 is 12.0 Å². The van der Waals surface area contributed by atoms with Crippen molar-refractivity contribution in [2.24, 2.45) is 0 Å². The Kier molecular flexibility index (Phi) is 3.87. The predicted molar refractivity (Wildman–Crippen MR) is 81.6 cm³/mol. The number of hydrogen-bond acceptors (Lipinski definition) is 3. The van der Waals surface area contributed by atoms with E-state index >= 15 is 0 Å². The number of para-hydroxylation sites is 1. The molecule has 0 saturated carbocycles. The molecule has 122 valence electrons. The molecule has 8 heteroatoms. The van der Waals surface area contributed by atoms with Gasteiger partial charge in [-0.1, -0.05) is 12.1 Å². The van der Waals surface area contributed by atoms with Gasteiger partial charge in [0.2, 0.25) is 0 Å². The van der Waals surface area contributed by atoms with Crippen molar-refractivity contribution in [3.63, 3.8) is 0 Å². The number of aliphatic carboxylic acids is 1. The first-order chi connectivity index (χ1) is 11.5. The van der Waals surface area contributed by atoms with Crippen molar-refractivity contribution in [2.75, 3.05) is 6.54 Å². The number of benzene rings is 1. The van der Waals surface area contributed by atoms with E-state index in [4.69, 9.17) is 5.11 Å². The van der Waals surface area contributed by atoms with Gasteiger partial charge in [0.1, 0.15) is 18.1 Å². The molecule has 1 fully saturated rings. The van der Waals surface area contributed by atoms with E-state index in [1.54, 1.807) is 36.5 Å². The normalized spacial score (nSPS) is 15.9.